The molecule has 0 amide bonds. The summed E-state index contributed by atoms with van der Waals surface area (Å²) in [5.41, 5.74) is 2.10. The summed E-state index contributed by atoms with van der Waals surface area (Å²) in [4.78, 5) is 17.9. The Balaban J connectivity index is 0.000000421. The van der Waals surface area contributed by atoms with Crippen molar-refractivity contribution in [2.45, 2.75) is 64.8 Å². The number of aromatic nitrogens is 2. The minimum absolute atomic E-state index is 0.249. The minimum atomic E-state index is -4.23. The molecule has 0 unspecified atom stereocenters. The highest BCUT2D eigenvalue weighted by Gasteiger charge is 2.47. The van der Waals surface area contributed by atoms with Crippen LogP contribution in [0.25, 0.3) is 11.3 Å². The molecule has 1 spiro atoms. The molecular formula is C26H34F3N3O3. The van der Waals surface area contributed by atoms with Crippen LogP contribution in [0.3, 0.4) is 0 Å². The van der Waals surface area contributed by atoms with Crippen molar-refractivity contribution in [3.8, 4) is 17.0 Å². The van der Waals surface area contributed by atoms with Crippen LogP contribution in [0.5, 0.6) is 5.75 Å². The zero-order valence-electron chi connectivity index (χ0n) is 20.8. The summed E-state index contributed by atoms with van der Waals surface area (Å²) in [5, 5.41) is 0. The fourth-order valence-corrected chi connectivity index (χ4v) is 5.71. The van der Waals surface area contributed by atoms with Crippen molar-refractivity contribution in [3.63, 3.8) is 0 Å². The molecule has 192 valence electrons. The average molecular weight is 494 g/mol. The van der Waals surface area contributed by atoms with Gasteiger partial charge in [-0.3, -0.25) is 9.88 Å². The van der Waals surface area contributed by atoms with Crippen molar-refractivity contribution in [1.29, 1.82) is 0 Å². The van der Waals surface area contributed by atoms with E-state index in [2.05, 4.69) is 18.8 Å². The maximum Gasteiger partial charge on any atom is 0.401 e. The maximum absolute atomic E-state index is 12.8. The van der Waals surface area contributed by atoms with Crippen LogP contribution in [-0.2, 0) is 16.9 Å². The zero-order valence-corrected chi connectivity index (χ0v) is 20.8. The molecule has 5 rings (SSSR count). The number of methoxy groups -OCH3 is 1. The van der Waals surface area contributed by atoms with Gasteiger partial charge in [0, 0.05) is 49.8 Å². The Morgan fingerprint density at radius 3 is 2.40 bits per heavy atom. The van der Waals surface area contributed by atoms with E-state index in [1.165, 1.54) is 24.9 Å². The highest BCUT2D eigenvalue weighted by Crippen LogP contribution is 2.50. The monoisotopic (exact) mass is 493 g/mol. The molecule has 0 atom stereocenters. The first-order valence-corrected chi connectivity index (χ1v) is 12.3. The van der Waals surface area contributed by atoms with E-state index in [1.807, 2.05) is 17.6 Å². The van der Waals surface area contributed by atoms with Gasteiger partial charge in [-0.05, 0) is 43.7 Å². The third-order valence-corrected chi connectivity index (χ3v) is 7.32. The number of alkyl halides is 3. The van der Waals surface area contributed by atoms with Crippen molar-refractivity contribution < 1.29 is 27.4 Å². The molecule has 2 fully saturated rings. The molecule has 2 aliphatic heterocycles. The number of piperidine rings is 1. The summed E-state index contributed by atoms with van der Waals surface area (Å²) >= 11 is 0. The van der Waals surface area contributed by atoms with Crippen molar-refractivity contribution in [2.75, 3.05) is 26.7 Å². The van der Waals surface area contributed by atoms with E-state index in [0.717, 1.165) is 28.7 Å². The smallest absolute Gasteiger partial charge is 0.401 e. The Kier molecular flexibility index (Phi) is 7.18. The van der Waals surface area contributed by atoms with Crippen molar-refractivity contribution in [2.24, 2.45) is 11.8 Å². The topological polar surface area (TPSA) is 56.6 Å². The van der Waals surface area contributed by atoms with E-state index in [9.17, 15) is 18.0 Å². The Hall–Kier alpha value is -2.55. The summed E-state index contributed by atoms with van der Waals surface area (Å²) in [7, 11) is 1.33. The molecule has 35 heavy (non-hydrogen) atoms. The molecule has 0 bridgehead atoms. The molecule has 2 aromatic rings. The van der Waals surface area contributed by atoms with Crippen LogP contribution < -0.4 is 4.74 Å². The summed E-state index contributed by atoms with van der Waals surface area (Å²) in [5.74, 6) is 2.20. The largest absolute Gasteiger partial charge is 0.480 e. The summed E-state index contributed by atoms with van der Waals surface area (Å²) in [6.45, 7) is 6.68. The van der Waals surface area contributed by atoms with Crippen LogP contribution in [-0.4, -0.2) is 53.3 Å². The van der Waals surface area contributed by atoms with Gasteiger partial charge >= 0.3 is 12.1 Å². The van der Waals surface area contributed by atoms with E-state index in [-0.39, 0.29) is 13.1 Å². The van der Waals surface area contributed by atoms with E-state index < -0.39 is 24.3 Å². The molecule has 2 aromatic heterocycles. The van der Waals surface area contributed by atoms with Gasteiger partial charge in [0.15, 0.2) is 0 Å². The zero-order chi connectivity index (χ0) is 25.4. The molecule has 0 N–H and O–H groups in total. The second-order valence-corrected chi connectivity index (χ2v) is 10.1. The number of halogens is 3. The number of carbonyl (C=O) groups excluding carboxylic acids is 1. The third-order valence-electron chi connectivity index (χ3n) is 7.32. The molecule has 1 saturated carbocycles. The average Bonchev–Trinajstić information content (AvgIpc) is 3.20. The number of carbonyl (C=O) groups is 1. The summed E-state index contributed by atoms with van der Waals surface area (Å²) < 4.78 is 51.6. The first-order valence-electron chi connectivity index (χ1n) is 12.3. The number of fused-ring (bicyclic) bond motifs is 4. The second kappa shape index (κ2) is 9.84. The SMILES string of the molecule is CC1CC(C)C1.CCn1c(C(=O)OC)cc2c1-c1ccncc1OC21CCN(CC(F)(F)F)CC1. The lowest BCUT2D eigenvalue weighted by molar-refractivity contribution is -0.153. The Morgan fingerprint density at radius 2 is 1.89 bits per heavy atom. The van der Waals surface area contributed by atoms with Gasteiger partial charge in [0.05, 0.1) is 25.5 Å². The lowest BCUT2D eigenvalue weighted by atomic mass is 9.78. The summed E-state index contributed by atoms with van der Waals surface area (Å²) in [6.07, 6.45) is 2.76. The molecule has 6 nitrogen and oxygen atoms in total. The van der Waals surface area contributed by atoms with Crippen molar-refractivity contribution >= 4 is 5.97 Å². The summed E-state index contributed by atoms with van der Waals surface area (Å²) in [6, 6.07) is 3.60. The lowest BCUT2D eigenvalue weighted by Gasteiger charge is -2.44. The fraction of sp³-hybridized carbons (Fsp3) is 0.615. The number of pyridine rings is 1. The Labute approximate surface area is 204 Å². The number of nitrogens with zero attached hydrogens (tertiary/aromatic N) is 3. The Bertz CT molecular complexity index is 1050. The predicted octanol–water partition coefficient (Wildman–Crippen LogP) is 5.65. The van der Waals surface area contributed by atoms with Crippen LogP contribution in [0.1, 0.15) is 62.5 Å². The van der Waals surface area contributed by atoms with Crippen LogP contribution in [0.4, 0.5) is 13.2 Å². The van der Waals surface area contributed by atoms with Crippen molar-refractivity contribution in [1.82, 2.24) is 14.5 Å². The number of rotatable bonds is 3. The van der Waals surface area contributed by atoms with Gasteiger partial charge in [0.2, 0.25) is 0 Å². The molecule has 1 saturated heterocycles. The predicted molar refractivity (Wildman–Crippen MR) is 126 cm³/mol. The molecule has 4 heterocycles. The first kappa shape index (κ1) is 25.5. The van der Waals surface area contributed by atoms with Gasteiger partial charge in [0.1, 0.15) is 17.0 Å². The minimum Gasteiger partial charge on any atom is -0.480 e. The lowest BCUT2D eigenvalue weighted by Crippen LogP contribution is -2.49. The van der Waals surface area contributed by atoms with Gasteiger partial charge in [-0.1, -0.05) is 13.8 Å². The van der Waals surface area contributed by atoms with Gasteiger partial charge < -0.3 is 14.0 Å². The number of likely N-dealkylation sites (tertiary alicyclic amines) is 1. The first-order chi connectivity index (χ1) is 16.6. The molecule has 0 aromatic carbocycles. The van der Waals surface area contributed by atoms with E-state index in [4.69, 9.17) is 9.47 Å². The number of hydrogen-bond acceptors (Lipinski definition) is 5. The quantitative estimate of drug-likeness (QED) is 0.517. The van der Waals surface area contributed by atoms with E-state index >= 15 is 0 Å². The van der Waals surface area contributed by atoms with Gasteiger partial charge in [-0.15, -0.1) is 0 Å². The molecule has 0 radical (unpaired) electrons. The second-order valence-electron chi connectivity index (χ2n) is 10.1. The van der Waals surface area contributed by atoms with E-state index in [1.54, 1.807) is 18.5 Å². The van der Waals surface area contributed by atoms with E-state index in [0.29, 0.717) is 30.8 Å². The van der Waals surface area contributed by atoms with Crippen LogP contribution >= 0.6 is 0 Å². The number of hydrogen-bond donors (Lipinski definition) is 0. The molecule has 9 heteroatoms. The van der Waals surface area contributed by atoms with Gasteiger partial charge in [0.25, 0.3) is 0 Å². The standard InChI is InChI=1S/C20H22F3N3O3.C6H12/c1-3-26-15(18(27)28-2)10-14-17(26)13-4-7-24-11-16(13)29-19(14)5-8-25(9-6-19)12-20(21,22)23;1-5-3-6(2)4-5/h4,7,10-11H,3,5-6,8-9,12H2,1-2H3;5-6H,3-4H2,1-2H3. The molecule has 3 aliphatic rings. The van der Waals surface area contributed by atoms with Crippen LogP contribution in [0.2, 0.25) is 0 Å². The molecule has 1 aliphatic carbocycles. The Morgan fingerprint density at radius 1 is 1.23 bits per heavy atom. The molecular weight excluding hydrogens is 459 g/mol. The number of esters is 1. The third kappa shape index (κ3) is 5.20. The normalized spacial score (nSPS) is 22.7. The highest BCUT2D eigenvalue weighted by atomic mass is 19.4. The van der Waals surface area contributed by atoms with Crippen LogP contribution in [0, 0.1) is 11.8 Å². The highest BCUT2D eigenvalue weighted by molar-refractivity contribution is 5.91. The number of ether oxygens (including phenoxy) is 2. The van der Waals surface area contributed by atoms with Crippen LogP contribution in [0.15, 0.2) is 24.5 Å². The van der Waals surface area contributed by atoms with Gasteiger partial charge in [-0.25, -0.2) is 4.79 Å². The fourth-order valence-electron chi connectivity index (χ4n) is 5.71. The maximum atomic E-state index is 12.8. The van der Waals surface area contributed by atoms with Gasteiger partial charge in [-0.2, -0.15) is 13.2 Å². The van der Waals surface area contributed by atoms with Crippen molar-refractivity contribution in [3.05, 3.63) is 35.8 Å².